The number of aliphatic hydroxyl groups excluding tert-OH is 1. The summed E-state index contributed by atoms with van der Waals surface area (Å²) in [4.78, 5) is 12.0. The lowest BCUT2D eigenvalue weighted by molar-refractivity contribution is -0.161. The average molecular weight is 306 g/mol. The van der Waals surface area contributed by atoms with Crippen molar-refractivity contribution in [1.29, 1.82) is 0 Å². The minimum Gasteiger partial charge on any atom is -0.481 e. The van der Waals surface area contributed by atoms with Gasteiger partial charge in [0.05, 0.1) is 5.41 Å². The number of aliphatic carboxylic acids is 1. The topological polar surface area (TPSA) is 57.5 Å². The van der Waals surface area contributed by atoms with Crippen molar-refractivity contribution in [2.24, 2.45) is 28.1 Å². The van der Waals surface area contributed by atoms with Crippen molar-refractivity contribution in [3.63, 3.8) is 0 Å². The minimum atomic E-state index is -0.622. The van der Waals surface area contributed by atoms with Gasteiger partial charge in [0, 0.05) is 6.61 Å². The molecule has 0 heterocycles. The van der Waals surface area contributed by atoms with E-state index in [0.29, 0.717) is 5.92 Å². The molecule has 5 atom stereocenters. The molecule has 3 aliphatic carbocycles. The van der Waals surface area contributed by atoms with Gasteiger partial charge in [-0.05, 0) is 68.1 Å². The van der Waals surface area contributed by atoms with E-state index in [1.165, 1.54) is 5.57 Å². The van der Waals surface area contributed by atoms with Crippen LogP contribution in [-0.4, -0.2) is 22.8 Å². The van der Waals surface area contributed by atoms with E-state index in [1.54, 1.807) is 0 Å². The van der Waals surface area contributed by atoms with Crippen molar-refractivity contribution in [2.45, 2.75) is 65.7 Å². The quantitative estimate of drug-likeness (QED) is 0.758. The average Bonchev–Trinajstić information content (AvgIpc) is 2.47. The number of rotatable bonds is 2. The van der Waals surface area contributed by atoms with Gasteiger partial charge in [0.1, 0.15) is 0 Å². The predicted molar refractivity (Wildman–Crippen MR) is 86.4 cm³/mol. The maximum Gasteiger partial charge on any atom is 0.309 e. The van der Waals surface area contributed by atoms with Crippen LogP contribution in [0.3, 0.4) is 0 Å². The Morgan fingerprint density at radius 2 is 1.95 bits per heavy atom. The fourth-order valence-corrected chi connectivity index (χ4v) is 6.02. The molecule has 0 aromatic carbocycles. The molecule has 0 amide bonds. The normalized spacial score (nSPS) is 48.1. The summed E-state index contributed by atoms with van der Waals surface area (Å²) in [6.07, 6.45) is 9.38. The van der Waals surface area contributed by atoms with Crippen molar-refractivity contribution < 1.29 is 15.0 Å². The Hall–Kier alpha value is -0.830. The summed E-state index contributed by atoms with van der Waals surface area (Å²) in [5, 5.41) is 19.8. The van der Waals surface area contributed by atoms with Gasteiger partial charge in [-0.25, -0.2) is 0 Å². The molecular formula is C19H30O3. The lowest BCUT2D eigenvalue weighted by atomic mass is 9.44. The largest absolute Gasteiger partial charge is 0.481 e. The van der Waals surface area contributed by atoms with Gasteiger partial charge >= 0.3 is 5.97 Å². The Kier molecular flexibility index (Phi) is 3.71. The predicted octanol–water partition coefficient (Wildman–Crippen LogP) is 4.01. The first-order valence-corrected chi connectivity index (χ1v) is 8.83. The molecule has 0 bridgehead atoms. The molecule has 2 saturated carbocycles. The van der Waals surface area contributed by atoms with Crippen molar-refractivity contribution >= 4 is 5.97 Å². The molecule has 3 rings (SSSR count). The highest BCUT2D eigenvalue weighted by Gasteiger charge is 2.59. The molecule has 3 heteroatoms. The van der Waals surface area contributed by atoms with Gasteiger partial charge < -0.3 is 10.2 Å². The molecule has 22 heavy (non-hydrogen) atoms. The molecule has 0 spiro atoms. The molecule has 3 nitrogen and oxygen atoms in total. The zero-order chi connectivity index (χ0) is 16.2. The highest BCUT2D eigenvalue weighted by atomic mass is 16.4. The van der Waals surface area contributed by atoms with Crippen molar-refractivity contribution in [2.75, 3.05) is 6.61 Å². The minimum absolute atomic E-state index is 0.00512. The van der Waals surface area contributed by atoms with Gasteiger partial charge in [-0.3, -0.25) is 4.79 Å². The Bertz CT molecular complexity index is 511. The first-order chi connectivity index (χ1) is 10.3. The number of carbonyl (C=O) groups is 1. The fourth-order valence-electron chi connectivity index (χ4n) is 6.02. The van der Waals surface area contributed by atoms with E-state index in [-0.39, 0.29) is 23.4 Å². The number of allylic oxidation sites excluding steroid dienone is 2. The van der Waals surface area contributed by atoms with Crippen molar-refractivity contribution in [3.8, 4) is 0 Å². The summed E-state index contributed by atoms with van der Waals surface area (Å²) in [6, 6.07) is 0. The number of carboxylic acids is 1. The highest BCUT2D eigenvalue weighted by Crippen LogP contribution is 2.64. The van der Waals surface area contributed by atoms with Gasteiger partial charge in [-0.1, -0.05) is 31.9 Å². The number of aliphatic hydroxyl groups is 1. The first-order valence-electron chi connectivity index (χ1n) is 8.83. The maximum atomic E-state index is 12.0. The van der Waals surface area contributed by atoms with Gasteiger partial charge in [0.2, 0.25) is 0 Å². The second-order valence-electron chi connectivity index (χ2n) is 8.69. The van der Waals surface area contributed by atoms with E-state index in [1.807, 2.05) is 6.92 Å². The molecule has 0 aromatic rings. The van der Waals surface area contributed by atoms with Gasteiger partial charge in [0.25, 0.3) is 0 Å². The first kappa shape index (κ1) is 16.0. The molecule has 124 valence electrons. The van der Waals surface area contributed by atoms with Crippen LogP contribution < -0.4 is 0 Å². The number of hydrogen-bond donors (Lipinski definition) is 2. The molecule has 2 N–H and O–H groups in total. The van der Waals surface area contributed by atoms with Crippen LogP contribution >= 0.6 is 0 Å². The van der Waals surface area contributed by atoms with E-state index in [9.17, 15) is 15.0 Å². The number of fused-ring (bicyclic) bond motifs is 3. The molecular weight excluding hydrogens is 276 g/mol. The Morgan fingerprint density at radius 3 is 2.59 bits per heavy atom. The molecule has 2 fully saturated rings. The van der Waals surface area contributed by atoms with Crippen LogP contribution in [0.4, 0.5) is 0 Å². The summed E-state index contributed by atoms with van der Waals surface area (Å²) < 4.78 is 0. The van der Waals surface area contributed by atoms with E-state index in [2.05, 4.69) is 19.9 Å². The molecule has 0 saturated heterocycles. The summed E-state index contributed by atoms with van der Waals surface area (Å²) >= 11 is 0. The lowest BCUT2D eigenvalue weighted by Gasteiger charge is -2.59. The summed E-state index contributed by atoms with van der Waals surface area (Å²) in [5.41, 5.74) is 0.866. The van der Waals surface area contributed by atoms with Crippen LogP contribution in [0.1, 0.15) is 65.7 Å². The smallest absolute Gasteiger partial charge is 0.309 e. The number of carboxylic acid groups (broad SMARTS) is 1. The zero-order valence-corrected chi connectivity index (χ0v) is 14.2. The third-order valence-electron chi connectivity index (χ3n) is 7.48. The molecule has 0 aliphatic heterocycles. The Morgan fingerprint density at radius 1 is 1.23 bits per heavy atom. The van der Waals surface area contributed by atoms with Crippen LogP contribution in [-0.2, 0) is 4.79 Å². The van der Waals surface area contributed by atoms with E-state index >= 15 is 0 Å². The van der Waals surface area contributed by atoms with Crippen LogP contribution in [0.25, 0.3) is 0 Å². The van der Waals surface area contributed by atoms with Crippen molar-refractivity contribution in [3.05, 3.63) is 11.6 Å². The van der Waals surface area contributed by atoms with E-state index in [4.69, 9.17) is 0 Å². The monoisotopic (exact) mass is 306 g/mol. The molecule has 3 aliphatic rings. The standard InChI is InChI=1S/C19H30O3/c1-17(12-20)9-4-6-14-13(17)7-8-15-18(14,2)10-5-11-19(15,3)16(21)22/h6,13,15,20H,4-5,7-12H2,1-3H3,(H,21,22)/t13?,15?,17-,18+,19-/m1/s1. The summed E-state index contributed by atoms with van der Waals surface area (Å²) in [6.45, 7) is 6.73. The van der Waals surface area contributed by atoms with Gasteiger partial charge in [-0.15, -0.1) is 0 Å². The van der Waals surface area contributed by atoms with E-state index < -0.39 is 11.4 Å². The van der Waals surface area contributed by atoms with Crippen molar-refractivity contribution in [1.82, 2.24) is 0 Å². The third-order valence-corrected chi connectivity index (χ3v) is 7.48. The van der Waals surface area contributed by atoms with Crippen LogP contribution in [0.5, 0.6) is 0 Å². The summed E-state index contributed by atoms with van der Waals surface area (Å²) in [5.74, 6) is 0.0432. The van der Waals surface area contributed by atoms with Gasteiger partial charge in [-0.2, -0.15) is 0 Å². The third kappa shape index (κ3) is 2.01. The lowest BCUT2D eigenvalue weighted by Crippen LogP contribution is -2.54. The molecule has 2 unspecified atom stereocenters. The van der Waals surface area contributed by atoms with Crippen LogP contribution in [0, 0.1) is 28.1 Å². The Labute approximate surface area is 133 Å². The zero-order valence-electron chi connectivity index (χ0n) is 14.2. The van der Waals surface area contributed by atoms with Gasteiger partial charge in [0.15, 0.2) is 0 Å². The second-order valence-corrected chi connectivity index (χ2v) is 8.69. The number of hydrogen-bond acceptors (Lipinski definition) is 2. The van der Waals surface area contributed by atoms with Crippen LogP contribution in [0.15, 0.2) is 11.6 Å². The fraction of sp³-hybridized carbons (Fsp3) is 0.842. The SMILES string of the molecule is C[C@]1(CO)CCC=C2C1CCC1[C@](C)(C(=O)O)CCC[C@@]21C. The second kappa shape index (κ2) is 5.09. The van der Waals surface area contributed by atoms with E-state index in [0.717, 1.165) is 44.9 Å². The highest BCUT2D eigenvalue weighted by molar-refractivity contribution is 5.75. The maximum absolute atomic E-state index is 12.0. The molecule has 0 aromatic heterocycles. The summed E-state index contributed by atoms with van der Waals surface area (Å²) in [7, 11) is 0. The molecule has 0 radical (unpaired) electrons. The van der Waals surface area contributed by atoms with Crippen LogP contribution in [0.2, 0.25) is 0 Å². The Balaban J connectivity index is 2.03.